The van der Waals surface area contributed by atoms with Gasteiger partial charge in [0.25, 0.3) is 0 Å². The van der Waals surface area contributed by atoms with Crippen LogP contribution >= 0.6 is 0 Å². The summed E-state index contributed by atoms with van der Waals surface area (Å²) in [5, 5.41) is 13.4. The SMILES string of the molecule is CC(=O)/C=C(/C)O.[Ir].[c-]1cccc2c1-c1ncccc1C21c2ccc(-n3c4ccccc4c4ccccc43)cc2-c2cc(-n3c4ccccc4c4ccccc43)ccc21. The first-order chi connectivity index (χ1) is 28.4. The molecule has 0 amide bonds. The Balaban J connectivity index is 0.000000486. The van der Waals surface area contributed by atoms with E-state index in [2.05, 4.69) is 173 Å². The van der Waals surface area contributed by atoms with Crippen LogP contribution in [0.1, 0.15) is 36.1 Å². The molecule has 5 nitrogen and oxygen atoms in total. The van der Waals surface area contributed by atoms with Gasteiger partial charge in [0, 0.05) is 70.7 Å². The van der Waals surface area contributed by atoms with E-state index < -0.39 is 5.41 Å². The summed E-state index contributed by atoms with van der Waals surface area (Å²) in [5.74, 6) is -0.0625. The van der Waals surface area contributed by atoms with E-state index in [0.717, 1.165) is 22.6 Å². The van der Waals surface area contributed by atoms with Crippen molar-refractivity contribution in [2.24, 2.45) is 0 Å². The molecule has 59 heavy (non-hydrogen) atoms. The molecule has 1 radical (unpaired) electrons. The second-order valence-corrected chi connectivity index (χ2v) is 15.2. The Morgan fingerprint density at radius 2 is 1.03 bits per heavy atom. The molecule has 285 valence electrons. The largest absolute Gasteiger partial charge is 0.512 e. The third kappa shape index (κ3) is 5.27. The van der Waals surface area contributed by atoms with E-state index in [1.807, 2.05) is 12.3 Å². The minimum atomic E-state index is -0.500. The van der Waals surface area contributed by atoms with Crippen LogP contribution in [0, 0.1) is 6.07 Å². The molecule has 2 aliphatic carbocycles. The van der Waals surface area contributed by atoms with E-state index >= 15 is 0 Å². The Kier molecular flexibility index (Phi) is 8.61. The maximum Gasteiger partial charge on any atom is 0.155 e. The fourth-order valence-electron chi connectivity index (χ4n) is 9.86. The molecule has 6 heteroatoms. The number of carbonyl (C=O) groups is 1. The molecule has 2 aliphatic rings. The number of fused-ring (bicyclic) bond motifs is 16. The monoisotopic (exact) mass is 939 g/mol. The molecule has 3 heterocycles. The zero-order chi connectivity index (χ0) is 39.1. The van der Waals surface area contributed by atoms with Gasteiger partial charge < -0.3 is 19.2 Å². The van der Waals surface area contributed by atoms with Crippen molar-refractivity contribution in [1.29, 1.82) is 0 Å². The van der Waals surface area contributed by atoms with Crippen molar-refractivity contribution in [3.63, 3.8) is 0 Å². The van der Waals surface area contributed by atoms with Gasteiger partial charge in [-0.3, -0.25) is 4.79 Å². The van der Waals surface area contributed by atoms with Crippen LogP contribution in [0.2, 0.25) is 0 Å². The van der Waals surface area contributed by atoms with Crippen LogP contribution in [0.4, 0.5) is 0 Å². The number of pyridine rings is 1. The van der Waals surface area contributed by atoms with Gasteiger partial charge in [0.1, 0.15) is 0 Å². The van der Waals surface area contributed by atoms with Crippen LogP contribution in [-0.2, 0) is 30.3 Å². The summed E-state index contributed by atoms with van der Waals surface area (Å²) < 4.78 is 4.86. The molecular formula is C53H36IrN3O2-. The van der Waals surface area contributed by atoms with Crippen molar-refractivity contribution in [3.8, 4) is 33.8 Å². The second-order valence-electron chi connectivity index (χ2n) is 15.2. The van der Waals surface area contributed by atoms with Crippen molar-refractivity contribution in [2.45, 2.75) is 19.3 Å². The van der Waals surface area contributed by atoms with E-state index in [1.54, 1.807) is 0 Å². The summed E-state index contributed by atoms with van der Waals surface area (Å²) >= 11 is 0. The van der Waals surface area contributed by atoms with Gasteiger partial charge >= 0.3 is 0 Å². The number of aliphatic hydroxyl groups is 1. The summed E-state index contributed by atoms with van der Waals surface area (Å²) in [6.45, 7) is 2.85. The topological polar surface area (TPSA) is 60.0 Å². The number of para-hydroxylation sites is 4. The van der Waals surface area contributed by atoms with Gasteiger partial charge in [0.2, 0.25) is 0 Å². The van der Waals surface area contributed by atoms with Crippen LogP contribution < -0.4 is 0 Å². The predicted molar refractivity (Wildman–Crippen MR) is 235 cm³/mol. The van der Waals surface area contributed by atoms with Gasteiger partial charge in [0.05, 0.1) is 27.8 Å². The van der Waals surface area contributed by atoms with E-state index in [9.17, 15) is 4.79 Å². The second kappa shape index (κ2) is 13.9. The van der Waals surface area contributed by atoms with Crippen LogP contribution in [0.5, 0.6) is 0 Å². The number of ketones is 1. The standard InChI is InChI=1S/C48H28N3.C5H8O2.Ir/c1-6-17-39-36(16-1)47-42(18-11-27-49-47)48(39)40-25-23-30(50-43-19-7-2-12-32(43)33-13-3-8-20-44(33)50)28-37(40)38-29-31(24-26-41(38)48)51-45-21-9-4-14-34(45)35-15-5-10-22-46(35)51;1-4(6)3-5(2)7;/h1-15,17-29H;3,6H,1-2H3;/q-1;;/b;4-3-;. The van der Waals surface area contributed by atoms with Gasteiger partial charge in [-0.1, -0.05) is 96.6 Å². The third-order valence-electron chi connectivity index (χ3n) is 11.9. The van der Waals surface area contributed by atoms with Crippen LogP contribution in [-0.4, -0.2) is 25.0 Å². The first kappa shape index (κ1) is 36.5. The van der Waals surface area contributed by atoms with Crippen molar-refractivity contribution < 1.29 is 30.0 Å². The Morgan fingerprint density at radius 1 is 0.576 bits per heavy atom. The van der Waals surface area contributed by atoms with Crippen molar-refractivity contribution >= 4 is 49.4 Å². The van der Waals surface area contributed by atoms with Crippen molar-refractivity contribution in [3.05, 3.63) is 210 Å². The maximum absolute atomic E-state index is 10.0. The summed E-state index contributed by atoms with van der Waals surface area (Å²) in [7, 11) is 0. The Morgan fingerprint density at radius 3 is 1.47 bits per heavy atom. The molecule has 12 rings (SSSR count). The molecule has 0 saturated heterocycles. The van der Waals surface area contributed by atoms with Crippen molar-refractivity contribution in [1.82, 2.24) is 14.1 Å². The minimum Gasteiger partial charge on any atom is -0.512 e. The van der Waals surface area contributed by atoms with Gasteiger partial charge in [-0.05, 0) is 96.4 Å². The maximum atomic E-state index is 10.0. The molecule has 1 N–H and O–H groups in total. The minimum absolute atomic E-state index is 0. The quantitative estimate of drug-likeness (QED) is 0.109. The zero-order valence-corrected chi connectivity index (χ0v) is 34.7. The molecular weight excluding hydrogens is 903 g/mol. The number of carbonyl (C=O) groups excluding carboxylic acids is 1. The summed E-state index contributed by atoms with van der Waals surface area (Å²) in [6, 6.07) is 63.7. The van der Waals surface area contributed by atoms with E-state index in [-0.39, 0.29) is 31.6 Å². The molecule has 0 aliphatic heterocycles. The molecule has 0 unspecified atom stereocenters. The molecule has 10 aromatic rings. The van der Waals surface area contributed by atoms with E-state index in [0.29, 0.717) is 0 Å². The first-order valence-corrected chi connectivity index (χ1v) is 19.6. The Bertz CT molecular complexity index is 3050. The molecule has 0 bridgehead atoms. The molecule has 0 fully saturated rings. The molecule has 1 spiro atoms. The molecule has 3 aromatic heterocycles. The third-order valence-corrected chi connectivity index (χ3v) is 11.9. The summed E-state index contributed by atoms with van der Waals surface area (Å²) in [4.78, 5) is 15.0. The molecule has 7 aromatic carbocycles. The van der Waals surface area contributed by atoms with E-state index in [4.69, 9.17) is 10.1 Å². The van der Waals surface area contributed by atoms with E-state index in [1.165, 1.54) is 96.9 Å². The summed E-state index contributed by atoms with van der Waals surface area (Å²) in [6.07, 6.45) is 3.08. The fraction of sp³-hybridized carbons (Fsp3) is 0.0566. The number of hydrogen-bond acceptors (Lipinski definition) is 3. The Labute approximate surface area is 354 Å². The molecule has 0 atom stereocenters. The number of nitrogens with zero attached hydrogens (tertiary/aromatic N) is 3. The zero-order valence-electron chi connectivity index (χ0n) is 32.3. The normalized spacial score (nSPS) is 13.2. The average molecular weight is 939 g/mol. The number of hydrogen-bond donors (Lipinski definition) is 1. The first-order valence-electron chi connectivity index (χ1n) is 19.6. The van der Waals surface area contributed by atoms with Crippen molar-refractivity contribution in [2.75, 3.05) is 0 Å². The van der Waals surface area contributed by atoms with Crippen LogP contribution in [0.15, 0.2) is 182 Å². The van der Waals surface area contributed by atoms with Gasteiger partial charge in [-0.25, -0.2) is 0 Å². The van der Waals surface area contributed by atoms with Gasteiger partial charge in [0.15, 0.2) is 5.78 Å². The van der Waals surface area contributed by atoms with Crippen LogP contribution in [0.3, 0.4) is 0 Å². The Hall–Kier alpha value is -6.85. The number of aromatic nitrogens is 3. The number of aliphatic hydroxyl groups excluding tert-OH is 1. The van der Waals surface area contributed by atoms with Crippen LogP contribution in [0.25, 0.3) is 77.4 Å². The van der Waals surface area contributed by atoms with Gasteiger partial charge in [-0.15, -0.1) is 35.4 Å². The summed E-state index contributed by atoms with van der Waals surface area (Å²) in [5.41, 5.74) is 16.3. The number of allylic oxidation sites excluding steroid dienone is 2. The number of benzene rings is 7. The average Bonchev–Trinajstić information content (AvgIpc) is 3.95. The smallest absolute Gasteiger partial charge is 0.155 e. The fourth-order valence-corrected chi connectivity index (χ4v) is 9.86. The number of rotatable bonds is 3. The predicted octanol–water partition coefficient (Wildman–Crippen LogP) is 12.5. The van der Waals surface area contributed by atoms with Gasteiger partial charge in [-0.2, -0.15) is 0 Å². The molecule has 0 saturated carbocycles.